The summed E-state index contributed by atoms with van der Waals surface area (Å²) in [5.41, 5.74) is 2.57. The van der Waals surface area contributed by atoms with Crippen LogP contribution < -0.4 is 4.72 Å². The van der Waals surface area contributed by atoms with Crippen LogP contribution in [0.1, 0.15) is 18.1 Å². The van der Waals surface area contributed by atoms with E-state index in [-0.39, 0.29) is 10.9 Å². The van der Waals surface area contributed by atoms with Gasteiger partial charge in [0.05, 0.1) is 4.90 Å². The van der Waals surface area contributed by atoms with E-state index in [1.165, 1.54) is 12.1 Å². The first-order chi connectivity index (χ1) is 11.4. The van der Waals surface area contributed by atoms with Crippen molar-refractivity contribution < 1.29 is 12.8 Å². The lowest BCUT2D eigenvalue weighted by atomic mass is 10.1. The number of H-pyrrole nitrogens is 1. The van der Waals surface area contributed by atoms with Crippen LogP contribution in [0.5, 0.6) is 0 Å². The molecule has 3 aromatic rings. The van der Waals surface area contributed by atoms with E-state index in [1.54, 1.807) is 13.8 Å². The molecule has 126 valence electrons. The standard InChI is InChI=1S/C18H19FN2O2S/c1-12-7-8-15(19)10-18(12)24(22,23)21-13(2)9-14-11-20-17-6-4-3-5-16(14)17/h3-8,10-11,13,20-21H,9H2,1-2H3. The van der Waals surface area contributed by atoms with Crippen molar-refractivity contribution in [2.75, 3.05) is 0 Å². The van der Waals surface area contributed by atoms with Gasteiger partial charge in [-0.15, -0.1) is 0 Å². The van der Waals surface area contributed by atoms with Crippen molar-refractivity contribution >= 4 is 20.9 Å². The Morgan fingerprint density at radius 3 is 2.75 bits per heavy atom. The third-order valence-electron chi connectivity index (χ3n) is 4.00. The number of aromatic amines is 1. The molecule has 3 rings (SSSR count). The molecule has 2 aromatic carbocycles. The van der Waals surface area contributed by atoms with E-state index in [2.05, 4.69) is 9.71 Å². The first-order valence-corrected chi connectivity index (χ1v) is 9.18. The summed E-state index contributed by atoms with van der Waals surface area (Å²) in [5, 5.41) is 1.07. The van der Waals surface area contributed by atoms with Gasteiger partial charge in [0.1, 0.15) is 5.82 Å². The van der Waals surface area contributed by atoms with Crippen LogP contribution in [0.15, 0.2) is 53.6 Å². The molecule has 1 atom stereocenters. The molecule has 1 aromatic heterocycles. The van der Waals surface area contributed by atoms with E-state index in [4.69, 9.17) is 0 Å². The maximum Gasteiger partial charge on any atom is 0.241 e. The van der Waals surface area contributed by atoms with Gasteiger partial charge in [0.25, 0.3) is 0 Å². The largest absolute Gasteiger partial charge is 0.361 e. The molecular weight excluding hydrogens is 327 g/mol. The maximum absolute atomic E-state index is 13.4. The summed E-state index contributed by atoms with van der Waals surface area (Å²) in [7, 11) is -3.77. The number of para-hydroxylation sites is 1. The smallest absolute Gasteiger partial charge is 0.241 e. The third kappa shape index (κ3) is 3.34. The van der Waals surface area contributed by atoms with Crippen LogP contribution in [0.2, 0.25) is 0 Å². The highest BCUT2D eigenvalue weighted by atomic mass is 32.2. The summed E-state index contributed by atoms with van der Waals surface area (Å²) in [6, 6.07) is 11.3. The number of rotatable bonds is 5. The second-order valence-corrected chi connectivity index (χ2v) is 7.68. The zero-order valence-electron chi connectivity index (χ0n) is 13.5. The zero-order valence-corrected chi connectivity index (χ0v) is 14.3. The summed E-state index contributed by atoms with van der Waals surface area (Å²) >= 11 is 0. The number of nitrogens with one attached hydrogen (secondary N) is 2. The molecule has 2 N–H and O–H groups in total. The van der Waals surface area contributed by atoms with E-state index in [0.717, 1.165) is 22.5 Å². The molecule has 0 aliphatic carbocycles. The first kappa shape index (κ1) is 16.7. The third-order valence-corrected chi connectivity index (χ3v) is 5.73. The van der Waals surface area contributed by atoms with Crippen molar-refractivity contribution in [2.24, 2.45) is 0 Å². The predicted molar refractivity (Wildman–Crippen MR) is 92.9 cm³/mol. The van der Waals surface area contributed by atoms with Crippen molar-refractivity contribution in [3.8, 4) is 0 Å². The van der Waals surface area contributed by atoms with Gasteiger partial charge in [-0.25, -0.2) is 17.5 Å². The van der Waals surface area contributed by atoms with Crippen LogP contribution in [0, 0.1) is 12.7 Å². The van der Waals surface area contributed by atoms with Gasteiger partial charge in [-0.3, -0.25) is 0 Å². The topological polar surface area (TPSA) is 62.0 Å². The van der Waals surface area contributed by atoms with Crippen molar-refractivity contribution in [1.82, 2.24) is 9.71 Å². The van der Waals surface area contributed by atoms with Crippen LogP contribution >= 0.6 is 0 Å². The molecule has 0 aliphatic heterocycles. The molecule has 0 radical (unpaired) electrons. The normalized spacial score (nSPS) is 13.3. The predicted octanol–water partition coefficient (Wildman–Crippen LogP) is 3.52. The van der Waals surface area contributed by atoms with Gasteiger partial charge in [0, 0.05) is 23.1 Å². The van der Waals surface area contributed by atoms with Gasteiger partial charge in [-0.1, -0.05) is 24.3 Å². The van der Waals surface area contributed by atoms with Crippen LogP contribution in [-0.2, 0) is 16.4 Å². The van der Waals surface area contributed by atoms with E-state index in [0.29, 0.717) is 12.0 Å². The molecule has 4 nitrogen and oxygen atoms in total. The molecule has 0 spiro atoms. The fourth-order valence-electron chi connectivity index (χ4n) is 2.86. The highest BCUT2D eigenvalue weighted by Crippen LogP contribution is 2.21. The Bertz CT molecular complexity index is 980. The van der Waals surface area contributed by atoms with Crippen molar-refractivity contribution in [3.63, 3.8) is 0 Å². The van der Waals surface area contributed by atoms with Crippen molar-refractivity contribution in [3.05, 3.63) is 65.6 Å². The lowest BCUT2D eigenvalue weighted by molar-refractivity contribution is 0.557. The van der Waals surface area contributed by atoms with Gasteiger partial charge < -0.3 is 4.98 Å². The molecule has 24 heavy (non-hydrogen) atoms. The summed E-state index contributed by atoms with van der Waals surface area (Å²) in [6.07, 6.45) is 2.43. The molecule has 0 fully saturated rings. The zero-order chi connectivity index (χ0) is 17.3. The minimum absolute atomic E-state index is 0.0201. The number of sulfonamides is 1. The Hall–Kier alpha value is -2.18. The molecule has 1 heterocycles. The van der Waals surface area contributed by atoms with Crippen molar-refractivity contribution in [2.45, 2.75) is 31.2 Å². The second kappa shape index (κ2) is 6.37. The van der Waals surface area contributed by atoms with E-state index >= 15 is 0 Å². The van der Waals surface area contributed by atoms with E-state index in [1.807, 2.05) is 30.5 Å². The molecule has 0 saturated heterocycles. The maximum atomic E-state index is 13.4. The number of fused-ring (bicyclic) bond motifs is 1. The number of halogens is 1. The fraction of sp³-hybridized carbons (Fsp3) is 0.222. The van der Waals surface area contributed by atoms with Gasteiger partial charge in [0.15, 0.2) is 0 Å². The van der Waals surface area contributed by atoms with Crippen LogP contribution in [0.25, 0.3) is 10.9 Å². The quantitative estimate of drug-likeness (QED) is 0.742. The fourth-order valence-corrected chi connectivity index (χ4v) is 4.36. The van der Waals surface area contributed by atoms with Crippen molar-refractivity contribution in [1.29, 1.82) is 0 Å². The van der Waals surface area contributed by atoms with Crippen LogP contribution in [0.3, 0.4) is 0 Å². The number of hydrogen-bond donors (Lipinski definition) is 2. The minimum atomic E-state index is -3.77. The number of hydrogen-bond acceptors (Lipinski definition) is 2. The molecule has 0 saturated carbocycles. The van der Waals surface area contributed by atoms with Crippen LogP contribution in [-0.4, -0.2) is 19.4 Å². The van der Waals surface area contributed by atoms with Gasteiger partial charge in [0.2, 0.25) is 10.0 Å². The highest BCUT2D eigenvalue weighted by Gasteiger charge is 2.21. The Labute approximate surface area is 140 Å². The lowest BCUT2D eigenvalue weighted by Crippen LogP contribution is -2.34. The number of benzene rings is 2. The number of aromatic nitrogens is 1. The minimum Gasteiger partial charge on any atom is -0.361 e. The highest BCUT2D eigenvalue weighted by molar-refractivity contribution is 7.89. The van der Waals surface area contributed by atoms with Gasteiger partial charge in [-0.2, -0.15) is 0 Å². The molecular formula is C18H19FN2O2S. The average molecular weight is 346 g/mol. The Balaban J connectivity index is 1.81. The molecule has 0 aliphatic rings. The average Bonchev–Trinajstić information content (AvgIpc) is 2.92. The first-order valence-electron chi connectivity index (χ1n) is 7.70. The summed E-state index contributed by atoms with van der Waals surface area (Å²) in [4.78, 5) is 3.16. The lowest BCUT2D eigenvalue weighted by Gasteiger charge is -2.15. The Morgan fingerprint density at radius 2 is 1.96 bits per heavy atom. The van der Waals surface area contributed by atoms with E-state index < -0.39 is 15.8 Å². The van der Waals surface area contributed by atoms with E-state index in [9.17, 15) is 12.8 Å². The second-order valence-electron chi connectivity index (χ2n) is 6.00. The van der Waals surface area contributed by atoms with Crippen LogP contribution in [0.4, 0.5) is 4.39 Å². The summed E-state index contributed by atoms with van der Waals surface area (Å²) in [5.74, 6) is -0.565. The molecule has 6 heteroatoms. The Kier molecular flexibility index (Phi) is 4.43. The SMILES string of the molecule is Cc1ccc(F)cc1S(=O)(=O)NC(C)Cc1c[nH]c2ccccc12. The molecule has 1 unspecified atom stereocenters. The van der Waals surface area contributed by atoms with Gasteiger partial charge in [-0.05, 0) is 49.6 Å². The monoisotopic (exact) mass is 346 g/mol. The van der Waals surface area contributed by atoms with Gasteiger partial charge >= 0.3 is 0 Å². The molecule has 0 amide bonds. The molecule has 0 bridgehead atoms. The summed E-state index contributed by atoms with van der Waals surface area (Å²) in [6.45, 7) is 3.45. The number of aryl methyl sites for hydroxylation is 1. The Morgan fingerprint density at radius 1 is 1.21 bits per heavy atom. The summed E-state index contributed by atoms with van der Waals surface area (Å²) < 4.78 is 41.1.